The standard InChI is InChI=1S/C16H16ClNO4/c1-9-7-11-12(10-5-3-2-4-6-10)14(18(21)22)13(9)16(20,8-17)15(11)19/h2-7,11-14,20H,8H2,1H3/t11-,12-,13+,14+,16-/m0/s1. The fourth-order valence-corrected chi connectivity index (χ4v) is 4.30. The van der Waals surface area contributed by atoms with E-state index < -0.39 is 35.2 Å². The first-order valence-electron chi connectivity index (χ1n) is 7.11. The Bertz CT molecular complexity index is 659. The largest absolute Gasteiger partial charge is 0.380 e. The van der Waals surface area contributed by atoms with E-state index in [2.05, 4.69) is 0 Å². The molecule has 1 aromatic carbocycles. The summed E-state index contributed by atoms with van der Waals surface area (Å²) >= 11 is 5.82. The second kappa shape index (κ2) is 5.18. The smallest absolute Gasteiger partial charge is 0.230 e. The lowest BCUT2D eigenvalue weighted by molar-refractivity contribution is -0.542. The number of ketones is 1. The molecule has 5 nitrogen and oxygen atoms in total. The van der Waals surface area contributed by atoms with Crippen molar-refractivity contribution in [2.75, 3.05) is 5.88 Å². The molecular weight excluding hydrogens is 306 g/mol. The minimum Gasteiger partial charge on any atom is -0.380 e. The Morgan fingerprint density at radius 3 is 2.55 bits per heavy atom. The van der Waals surface area contributed by atoms with E-state index in [1.54, 1.807) is 37.3 Å². The van der Waals surface area contributed by atoms with Crippen LogP contribution in [0.5, 0.6) is 0 Å². The van der Waals surface area contributed by atoms with Crippen molar-refractivity contribution in [3.63, 3.8) is 0 Å². The number of aliphatic hydroxyl groups is 1. The van der Waals surface area contributed by atoms with Crippen LogP contribution in [0.2, 0.25) is 0 Å². The number of fused-ring (bicyclic) bond motifs is 2. The second-order valence-electron chi connectivity index (χ2n) is 6.05. The number of carbonyl (C=O) groups excluding carboxylic acids is 1. The lowest BCUT2D eigenvalue weighted by atomic mass is 9.54. The van der Waals surface area contributed by atoms with E-state index in [0.29, 0.717) is 5.57 Å². The van der Waals surface area contributed by atoms with Crippen LogP contribution in [-0.2, 0) is 4.79 Å². The van der Waals surface area contributed by atoms with Crippen LogP contribution in [0, 0.1) is 22.0 Å². The molecule has 0 unspecified atom stereocenters. The third-order valence-corrected chi connectivity index (χ3v) is 5.31. The molecule has 0 amide bonds. The van der Waals surface area contributed by atoms with Gasteiger partial charge < -0.3 is 5.11 Å². The van der Waals surface area contributed by atoms with Crippen LogP contribution in [0.15, 0.2) is 42.0 Å². The molecule has 1 aromatic rings. The summed E-state index contributed by atoms with van der Waals surface area (Å²) < 4.78 is 0. The Labute approximate surface area is 132 Å². The van der Waals surface area contributed by atoms with E-state index in [-0.39, 0.29) is 10.8 Å². The van der Waals surface area contributed by atoms with Crippen LogP contribution in [0.1, 0.15) is 18.4 Å². The lowest BCUT2D eigenvalue weighted by Gasteiger charge is -2.49. The summed E-state index contributed by atoms with van der Waals surface area (Å²) in [7, 11) is 0. The summed E-state index contributed by atoms with van der Waals surface area (Å²) in [5.41, 5.74) is -0.441. The van der Waals surface area contributed by atoms with Crippen molar-refractivity contribution >= 4 is 17.4 Å². The van der Waals surface area contributed by atoms with Gasteiger partial charge in [0.25, 0.3) is 0 Å². The molecule has 1 N–H and O–H groups in total. The summed E-state index contributed by atoms with van der Waals surface area (Å²) in [5.74, 6) is -2.91. The Morgan fingerprint density at radius 2 is 2.00 bits per heavy atom. The molecule has 1 saturated carbocycles. The first kappa shape index (κ1) is 15.2. The van der Waals surface area contributed by atoms with Gasteiger partial charge in [-0.1, -0.05) is 42.0 Å². The highest BCUT2D eigenvalue weighted by molar-refractivity contribution is 6.21. The minimum atomic E-state index is -1.85. The first-order valence-corrected chi connectivity index (χ1v) is 7.64. The fraction of sp³-hybridized carbons (Fsp3) is 0.438. The molecule has 2 bridgehead atoms. The first-order chi connectivity index (χ1) is 10.4. The van der Waals surface area contributed by atoms with Crippen LogP contribution in [-0.4, -0.2) is 33.3 Å². The molecule has 5 atom stereocenters. The average Bonchev–Trinajstić information content (AvgIpc) is 2.52. The molecule has 3 aliphatic carbocycles. The van der Waals surface area contributed by atoms with Gasteiger partial charge in [-0.3, -0.25) is 14.9 Å². The van der Waals surface area contributed by atoms with E-state index in [1.807, 2.05) is 6.07 Å². The van der Waals surface area contributed by atoms with Gasteiger partial charge in [-0.05, 0) is 12.5 Å². The van der Waals surface area contributed by atoms with Gasteiger partial charge in [0, 0.05) is 4.92 Å². The van der Waals surface area contributed by atoms with E-state index in [1.165, 1.54) is 0 Å². The molecule has 0 aromatic heterocycles. The zero-order valence-electron chi connectivity index (χ0n) is 12.0. The number of hydrogen-bond acceptors (Lipinski definition) is 4. The lowest BCUT2D eigenvalue weighted by Crippen LogP contribution is -2.66. The van der Waals surface area contributed by atoms with Crippen molar-refractivity contribution in [2.24, 2.45) is 11.8 Å². The number of halogens is 1. The van der Waals surface area contributed by atoms with Crippen molar-refractivity contribution in [1.29, 1.82) is 0 Å². The van der Waals surface area contributed by atoms with Crippen molar-refractivity contribution in [2.45, 2.75) is 24.5 Å². The second-order valence-corrected chi connectivity index (χ2v) is 6.32. The summed E-state index contributed by atoms with van der Waals surface area (Å²) in [6, 6.07) is 7.94. The molecule has 0 saturated heterocycles. The monoisotopic (exact) mass is 321 g/mol. The maximum Gasteiger partial charge on any atom is 0.230 e. The van der Waals surface area contributed by atoms with Crippen molar-refractivity contribution in [3.8, 4) is 0 Å². The quantitative estimate of drug-likeness (QED) is 0.400. The Hall–Kier alpha value is -1.72. The number of hydrogen-bond donors (Lipinski definition) is 1. The molecule has 22 heavy (non-hydrogen) atoms. The number of alkyl halides is 1. The van der Waals surface area contributed by atoms with Gasteiger partial charge in [-0.15, -0.1) is 11.6 Å². The molecule has 4 rings (SSSR count). The molecule has 1 fully saturated rings. The SMILES string of the molecule is CC1=C[C@@H]2C(=O)[C@](O)(CCl)[C@H]1[C@H]([N+](=O)[O-])[C@H]2c1ccccc1. The summed E-state index contributed by atoms with van der Waals surface area (Å²) in [5, 5.41) is 22.4. The highest BCUT2D eigenvalue weighted by Crippen LogP contribution is 2.52. The molecule has 0 aliphatic heterocycles. The number of allylic oxidation sites excluding steroid dienone is 1. The van der Waals surface area contributed by atoms with E-state index >= 15 is 0 Å². The van der Waals surface area contributed by atoms with Crippen molar-refractivity contribution < 1.29 is 14.8 Å². The predicted molar refractivity (Wildman–Crippen MR) is 81.4 cm³/mol. The van der Waals surface area contributed by atoms with E-state index in [0.717, 1.165) is 5.56 Å². The van der Waals surface area contributed by atoms with Crippen LogP contribution >= 0.6 is 11.6 Å². The van der Waals surface area contributed by atoms with E-state index in [4.69, 9.17) is 11.6 Å². The number of nitrogens with zero attached hydrogens (tertiary/aromatic N) is 1. The van der Waals surface area contributed by atoms with Gasteiger partial charge in [0.1, 0.15) is 5.60 Å². The predicted octanol–water partition coefficient (Wildman–Crippen LogP) is 2.16. The number of benzene rings is 1. The molecule has 0 radical (unpaired) electrons. The fourth-order valence-electron chi connectivity index (χ4n) is 4.00. The zero-order valence-corrected chi connectivity index (χ0v) is 12.7. The molecule has 0 spiro atoms. The summed E-state index contributed by atoms with van der Waals surface area (Å²) in [4.78, 5) is 24.0. The Kier molecular flexibility index (Phi) is 3.57. The van der Waals surface area contributed by atoms with Gasteiger partial charge in [-0.25, -0.2) is 0 Å². The van der Waals surface area contributed by atoms with Gasteiger partial charge in [0.15, 0.2) is 5.78 Å². The number of carbonyl (C=O) groups is 1. The minimum absolute atomic E-state index is 0.329. The summed E-state index contributed by atoms with van der Waals surface area (Å²) in [6.07, 6.45) is 1.76. The molecule has 3 aliphatic rings. The third kappa shape index (κ3) is 1.92. The van der Waals surface area contributed by atoms with E-state index in [9.17, 15) is 20.0 Å². The third-order valence-electron chi connectivity index (χ3n) is 4.90. The molecule has 0 heterocycles. The van der Waals surface area contributed by atoms with Gasteiger partial charge in [0.2, 0.25) is 6.04 Å². The van der Waals surface area contributed by atoms with Crippen LogP contribution in [0.4, 0.5) is 0 Å². The topological polar surface area (TPSA) is 80.4 Å². The molecule has 6 heteroatoms. The Morgan fingerprint density at radius 1 is 1.36 bits per heavy atom. The summed E-state index contributed by atoms with van der Waals surface area (Å²) in [6.45, 7) is 1.72. The van der Waals surface area contributed by atoms with Gasteiger partial charge >= 0.3 is 0 Å². The van der Waals surface area contributed by atoms with Crippen molar-refractivity contribution in [1.82, 2.24) is 0 Å². The molecular formula is C16H16ClNO4. The molecule has 116 valence electrons. The maximum absolute atomic E-state index is 12.6. The highest BCUT2D eigenvalue weighted by atomic mass is 35.5. The zero-order chi connectivity index (χ0) is 16.1. The van der Waals surface area contributed by atoms with Gasteiger partial charge in [0.05, 0.1) is 23.6 Å². The average molecular weight is 322 g/mol. The van der Waals surface area contributed by atoms with Crippen LogP contribution < -0.4 is 0 Å². The van der Waals surface area contributed by atoms with Crippen LogP contribution in [0.25, 0.3) is 0 Å². The van der Waals surface area contributed by atoms with Crippen molar-refractivity contribution in [3.05, 3.63) is 57.7 Å². The normalized spacial score (nSPS) is 37.0. The highest BCUT2D eigenvalue weighted by Gasteiger charge is 2.65. The number of Topliss-reactive ketones (excluding diaryl/α,β-unsaturated/α-hetero) is 1. The van der Waals surface area contributed by atoms with Gasteiger partial charge in [-0.2, -0.15) is 0 Å². The maximum atomic E-state index is 12.6. The van der Waals surface area contributed by atoms with Crippen LogP contribution in [0.3, 0.4) is 0 Å². The Balaban J connectivity index is 2.19. The number of nitro groups is 1. The number of rotatable bonds is 3.